The average molecular weight is 297 g/mol. The highest BCUT2D eigenvalue weighted by Gasteiger charge is 2.00. The molecule has 0 saturated heterocycles. The molecule has 0 saturated carbocycles. The Balaban J connectivity index is 1.89. The lowest BCUT2D eigenvalue weighted by Gasteiger charge is -2.07. The zero-order valence-corrected chi connectivity index (χ0v) is 14.7. The fourth-order valence-electron chi connectivity index (χ4n) is 2.92. The lowest BCUT2D eigenvalue weighted by molar-refractivity contribution is 0.659. The van der Waals surface area contributed by atoms with E-state index in [1.165, 1.54) is 47.4 Å². The zero-order valence-electron chi connectivity index (χ0n) is 14.7. The van der Waals surface area contributed by atoms with Gasteiger partial charge < -0.3 is 4.57 Å². The molecule has 1 aromatic rings. The number of rotatable bonds is 7. The van der Waals surface area contributed by atoms with E-state index in [4.69, 9.17) is 0 Å². The Morgan fingerprint density at radius 1 is 1.14 bits per heavy atom. The van der Waals surface area contributed by atoms with Crippen LogP contribution in [0.25, 0.3) is 12.2 Å². The molecule has 0 radical (unpaired) electrons. The van der Waals surface area contributed by atoms with Crippen LogP contribution in [0.4, 0.5) is 0 Å². The molecule has 1 aliphatic carbocycles. The summed E-state index contributed by atoms with van der Waals surface area (Å²) in [6, 6.07) is 2.25. The van der Waals surface area contributed by atoms with Gasteiger partial charge in [0, 0.05) is 18.1 Å². The van der Waals surface area contributed by atoms with Gasteiger partial charge in [0.25, 0.3) is 0 Å². The van der Waals surface area contributed by atoms with Crippen molar-refractivity contribution in [2.24, 2.45) is 5.92 Å². The highest BCUT2D eigenvalue weighted by molar-refractivity contribution is 5.36. The third kappa shape index (κ3) is 5.05. The van der Waals surface area contributed by atoms with Crippen LogP contribution in [0.15, 0.2) is 35.6 Å². The van der Waals surface area contributed by atoms with Crippen molar-refractivity contribution in [2.75, 3.05) is 0 Å². The van der Waals surface area contributed by atoms with Crippen LogP contribution in [0.2, 0.25) is 0 Å². The van der Waals surface area contributed by atoms with Gasteiger partial charge in [-0.05, 0) is 63.2 Å². The summed E-state index contributed by atoms with van der Waals surface area (Å²) in [6.45, 7) is 10.1. The van der Waals surface area contributed by atoms with Gasteiger partial charge in [0.05, 0.1) is 0 Å². The molecular weight excluding hydrogens is 266 g/mol. The van der Waals surface area contributed by atoms with E-state index < -0.39 is 0 Å². The van der Waals surface area contributed by atoms with E-state index in [2.05, 4.69) is 68.8 Å². The summed E-state index contributed by atoms with van der Waals surface area (Å²) in [6.07, 6.45) is 17.7. The van der Waals surface area contributed by atoms with E-state index in [0.717, 1.165) is 18.9 Å². The number of fused-ring (bicyclic) bond motifs is 1. The van der Waals surface area contributed by atoms with Crippen LogP contribution in [0.3, 0.4) is 0 Å². The molecule has 2 rings (SSSR count). The predicted octanol–water partition coefficient (Wildman–Crippen LogP) is 4.56. The number of allylic oxidation sites excluding steroid dienone is 4. The molecule has 1 heterocycles. The monoisotopic (exact) mass is 297 g/mol. The number of aromatic nitrogens is 1. The minimum Gasteiger partial charge on any atom is -0.344 e. The van der Waals surface area contributed by atoms with E-state index >= 15 is 0 Å². The van der Waals surface area contributed by atoms with Gasteiger partial charge >= 0.3 is 0 Å². The van der Waals surface area contributed by atoms with Crippen LogP contribution in [0.5, 0.6) is 0 Å². The third-order valence-electron chi connectivity index (χ3n) is 4.30. The smallest absolute Gasteiger partial charge is 0.0439 e. The Hall–Kier alpha value is -1.50. The highest BCUT2D eigenvalue weighted by atomic mass is 14.9. The summed E-state index contributed by atoms with van der Waals surface area (Å²) in [5.74, 6) is 0.764. The fraction of sp³-hybridized carbons (Fsp3) is 0.524. The Morgan fingerprint density at radius 3 is 2.68 bits per heavy atom. The van der Waals surface area contributed by atoms with Crippen molar-refractivity contribution in [2.45, 2.75) is 66.3 Å². The van der Waals surface area contributed by atoms with Crippen LogP contribution in [-0.2, 0) is 6.54 Å². The first-order chi connectivity index (χ1) is 10.6. The average Bonchev–Trinajstić information content (AvgIpc) is 2.88. The fourth-order valence-corrected chi connectivity index (χ4v) is 2.92. The van der Waals surface area contributed by atoms with Gasteiger partial charge in [0.15, 0.2) is 0 Å². The quantitative estimate of drug-likeness (QED) is 0.650. The lowest BCUT2D eigenvalue weighted by Crippen LogP contribution is -2.30. The van der Waals surface area contributed by atoms with Gasteiger partial charge in [0.2, 0.25) is 0 Å². The predicted molar refractivity (Wildman–Crippen MR) is 98.0 cm³/mol. The molecule has 0 atom stereocenters. The van der Waals surface area contributed by atoms with Crippen molar-refractivity contribution >= 4 is 12.2 Å². The first kappa shape index (κ1) is 16.9. The summed E-state index contributed by atoms with van der Waals surface area (Å²) in [4.78, 5) is 0. The molecule has 1 aliphatic rings. The molecular formula is C21H31N. The summed E-state index contributed by atoms with van der Waals surface area (Å²) >= 11 is 0. The second kappa shape index (κ2) is 8.22. The Kier molecular flexibility index (Phi) is 6.30. The van der Waals surface area contributed by atoms with Crippen LogP contribution < -0.4 is 10.6 Å². The summed E-state index contributed by atoms with van der Waals surface area (Å²) in [5, 5.41) is 2.82. The molecule has 0 unspecified atom stereocenters. The number of hydrogen-bond acceptors (Lipinski definition) is 0. The number of hydrogen-bond donors (Lipinski definition) is 0. The van der Waals surface area contributed by atoms with Crippen molar-refractivity contribution in [3.63, 3.8) is 0 Å². The largest absolute Gasteiger partial charge is 0.344 e. The molecule has 0 N–H and O–H groups in total. The lowest BCUT2D eigenvalue weighted by atomic mass is 10.0. The molecule has 0 fully saturated rings. The Labute approximate surface area is 135 Å². The molecule has 1 heteroatoms. The van der Waals surface area contributed by atoms with E-state index in [0.29, 0.717) is 0 Å². The maximum atomic E-state index is 2.41. The molecule has 22 heavy (non-hydrogen) atoms. The van der Waals surface area contributed by atoms with Gasteiger partial charge in [-0.2, -0.15) is 0 Å². The summed E-state index contributed by atoms with van der Waals surface area (Å²) < 4.78 is 2.39. The molecule has 0 bridgehead atoms. The molecule has 0 spiro atoms. The zero-order chi connectivity index (χ0) is 15.9. The van der Waals surface area contributed by atoms with Crippen LogP contribution in [0.1, 0.15) is 59.8 Å². The van der Waals surface area contributed by atoms with Gasteiger partial charge in [0.1, 0.15) is 0 Å². The van der Waals surface area contributed by atoms with Crippen LogP contribution in [-0.4, -0.2) is 4.57 Å². The Bertz CT molecular complexity index is 653. The minimum absolute atomic E-state index is 0.764. The van der Waals surface area contributed by atoms with Gasteiger partial charge in [-0.15, -0.1) is 0 Å². The van der Waals surface area contributed by atoms with Crippen molar-refractivity contribution in [1.82, 2.24) is 4.57 Å². The first-order valence-corrected chi connectivity index (χ1v) is 8.73. The summed E-state index contributed by atoms with van der Waals surface area (Å²) in [5.41, 5.74) is 2.99. The first-order valence-electron chi connectivity index (χ1n) is 8.73. The summed E-state index contributed by atoms with van der Waals surface area (Å²) in [7, 11) is 0. The molecule has 0 aliphatic heterocycles. The minimum atomic E-state index is 0.764. The second-order valence-corrected chi connectivity index (χ2v) is 7.04. The SMILES string of the molecule is C/C(=C\CC(C)C)CC/C=C(\C)Cn1ccc2c1=CCCC=2. The van der Waals surface area contributed by atoms with Gasteiger partial charge in [-0.25, -0.2) is 0 Å². The highest BCUT2D eigenvalue weighted by Crippen LogP contribution is 2.11. The molecule has 0 amide bonds. The van der Waals surface area contributed by atoms with Crippen LogP contribution >= 0.6 is 0 Å². The van der Waals surface area contributed by atoms with E-state index in [1.54, 1.807) is 0 Å². The molecule has 0 aromatic carbocycles. The van der Waals surface area contributed by atoms with Crippen LogP contribution in [0, 0.1) is 5.92 Å². The maximum absolute atomic E-state index is 2.41. The Morgan fingerprint density at radius 2 is 1.91 bits per heavy atom. The standard InChI is InChI=1S/C21H31N/c1-17(2)12-13-18(3)8-7-9-19(4)16-22-15-14-20-10-5-6-11-21(20)22/h9-11,13-15,17H,5-8,12,16H2,1-4H3/b18-13+,19-9+. The number of nitrogens with zero attached hydrogens (tertiary/aromatic N) is 1. The van der Waals surface area contributed by atoms with Crippen molar-refractivity contribution < 1.29 is 0 Å². The molecule has 120 valence electrons. The van der Waals surface area contributed by atoms with Crippen molar-refractivity contribution in [3.05, 3.63) is 46.1 Å². The van der Waals surface area contributed by atoms with Gasteiger partial charge in [-0.1, -0.05) is 49.3 Å². The van der Waals surface area contributed by atoms with Crippen molar-refractivity contribution in [3.8, 4) is 0 Å². The van der Waals surface area contributed by atoms with E-state index in [-0.39, 0.29) is 0 Å². The molecule has 1 nitrogen and oxygen atoms in total. The maximum Gasteiger partial charge on any atom is 0.0439 e. The topological polar surface area (TPSA) is 4.93 Å². The molecule has 1 aromatic heterocycles. The van der Waals surface area contributed by atoms with Gasteiger partial charge in [-0.3, -0.25) is 0 Å². The normalized spacial score (nSPS) is 15.5. The van der Waals surface area contributed by atoms with E-state index in [1.807, 2.05) is 0 Å². The van der Waals surface area contributed by atoms with Crippen molar-refractivity contribution in [1.29, 1.82) is 0 Å². The van der Waals surface area contributed by atoms with E-state index in [9.17, 15) is 0 Å². The third-order valence-corrected chi connectivity index (χ3v) is 4.30. The second-order valence-electron chi connectivity index (χ2n) is 7.04.